The van der Waals surface area contributed by atoms with Crippen LogP contribution in [0.4, 0.5) is 23.0 Å². The molecule has 3 aromatic rings. The van der Waals surface area contributed by atoms with Crippen LogP contribution in [0.25, 0.3) is 0 Å². The molecule has 1 aromatic carbocycles. The average molecular weight is 497 g/mol. The summed E-state index contributed by atoms with van der Waals surface area (Å²) >= 11 is 1.27. The molecule has 1 aliphatic rings. The fourth-order valence-corrected chi connectivity index (χ4v) is 3.83. The zero-order chi connectivity index (χ0) is 24.9. The Labute approximate surface area is 207 Å². The van der Waals surface area contributed by atoms with Crippen molar-refractivity contribution >= 4 is 46.6 Å². The number of carbonyl (C=O) groups excluding carboxylic acids is 2. The maximum absolute atomic E-state index is 12.9. The number of anilines is 4. The van der Waals surface area contributed by atoms with Gasteiger partial charge in [-0.1, -0.05) is 0 Å². The van der Waals surface area contributed by atoms with E-state index in [0.717, 1.165) is 29.1 Å². The Morgan fingerprint density at radius 3 is 2.63 bits per heavy atom. The Balaban J connectivity index is 1.56. The molecule has 4 rings (SSSR count). The Kier molecular flexibility index (Phi) is 7.51. The topological polar surface area (TPSA) is 160 Å². The normalized spacial score (nSPS) is 13.8. The van der Waals surface area contributed by atoms with Crippen LogP contribution < -0.4 is 21.7 Å². The molecular formula is C23H28N8O3S. The first-order valence-electron chi connectivity index (χ1n) is 11.2. The third kappa shape index (κ3) is 6.49. The molecule has 184 valence electrons. The number of H-pyrrole nitrogens is 1. The summed E-state index contributed by atoms with van der Waals surface area (Å²) in [6, 6.07) is 9.16. The number of benzene rings is 1. The summed E-state index contributed by atoms with van der Waals surface area (Å²) in [5.41, 5.74) is 8.01. The van der Waals surface area contributed by atoms with Crippen molar-refractivity contribution < 1.29 is 14.3 Å². The van der Waals surface area contributed by atoms with E-state index in [1.165, 1.54) is 11.8 Å². The standard InChI is InChI=1S/C23H28N8O3S/c1-12-10-17(31-30-12)27-20-18(24)19(22(33)25-11-13(2)34-3)28-23(29-20)35-16-8-6-15(7-9-16)26-21(32)14-4-5-14/h6-10,13-14H,4-5,11,24H2,1-3H3,(H,25,33)(H,26,32)(H2,27,28,29,30,31). The third-order valence-corrected chi connectivity index (χ3v) is 6.20. The number of hydrogen-bond acceptors (Lipinski definition) is 9. The highest BCUT2D eigenvalue weighted by atomic mass is 32.2. The zero-order valence-electron chi connectivity index (χ0n) is 19.7. The van der Waals surface area contributed by atoms with Gasteiger partial charge in [0.2, 0.25) is 5.91 Å². The number of nitrogens with one attached hydrogen (secondary N) is 4. The van der Waals surface area contributed by atoms with Crippen LogP contribution in [-0.4, -0.2) is 51.7 Å². The number of ether oxygens (including phenoxy) is 1. The van der Waals surface area contributed by atoms with Gasteiger partial charge in [0.05, 0.1) is 6.10 Å². The summed E-state index contributed by atoms with van der Waals surface area (Å²) in [5.74, 6) is 0.532. The van der Waals surface area contributed by atoms with Crippen molar-refractivity contribution in [2.45, 2.75) is 42.8 Å². The molecule has 1 fully saturated rings. The molecule has 2 heterocycles. The van der Waals surface area contributed by atoms with E-state index in [4.69, 9.17) is 10.5 Å². The highest BCUT2D eigenvalue weighted by molar-refractivity contribution is 7.99. The summed E-state index contributed by atoms with van der Waals surface area (Å²) < 4.78 is 5.19. The minimum absolute atomic E-state index is 0.0499. The molecule has 2 aromatic heterocycles. The lowest BCUT2D eigenvalue weighted by Gasteiger charge is -2.14. The van der Waals surface area contributed by atoms with Crippen molar-refractivity contribution in [2.75, 3.05) is 30.0 Å². The molecule has 1 aliphatic carbocycles. The van der Waals surface area contributed by atoms with Crippen molar-refractivity contribution in [2.24, 2.45) is 5.92 Å². The number of nitrogens with two attached hydrogens (primary N) is 1. The van der Waals surface area contributed by atoms with E-state index in [0.29, 0.717) is 17.5 Å². The maximum Gasteiger partial charge on any atom is 0.272 e. The van der Waals surface area contributed by atoms with E-state index in [1.807, 2.05) is 38.1 Å². The molecule has 11 nitrogen and oxygen atoms in total. The summed E-state index contributed by atoms with van der Waals surface area (Å²) in [7, 11) is 1.57. The fourth-order valence-electron chi connectivity index (χ4n) is 3.07. The quantitative estimate of drug-likeness (QED) is 0.266. The molecular weight excluding hydrogens is 468 g/mol. The van der Waals surface area contributed by atoms with Crippen molar-refractivity contribution in [3.63, 3.8) is 0 Å². The summed E-state index contributed by atoms with van der Waals surface area (Å²) in [4.78, 5) is 34.6. The van der Waals surface area contributed by atoms with E-state index in [1.54, 1.807) is 13.2 Å². The zero-order valence-corrected chi connectivity index (χ0v) is 20.5. The first-order chi connectivity index (χ1) is 16.8. The van der Waals surface area contributed by atoms with Crippen molar-refractivity contribution in [3.05, 3.63) is 41.7 Å². The molecule has 1 unspecified atom stereocenters. The highest BCUT2D eigenvalue weighted by Crippen LogP contribution is 2.32. The molecule has 0 bridgehead atoms. The number of aryl methyl sites for hydroxylation is 1. The molecule has 0 aliphatic heterocycles. The fraction of sp³-hybridized carbons (Fsp3) is 0.348. The first kappa shape index (κ1) is 24.5. The Morgan fingerprint density at radius 1 is 1.26 bits per heavy atom. The minimum atomic E-state index is -0.435. The number of aromatic amines is 1. The van der Waals surface area contributed by atoms with Gasteiger partial charge in [-0.3, -0.25) is 14.7 Å². The predicted molar refractivity (Wildman–Crippen MR) is 134 cm³/mol. The summed E-state index contributed by atoms with van der Waals surface area (Å²) in [5, 5.41) is 16.1. The second kappa shape index (κ2) is 10.7. The Bertz CT molecular complexity index is 1210. The van der Waals surface area contributed by atoms with Gasteiger partial charge < -0.3 is 26.4 Å². The number of methoxy groups -OCH3 is 1. The van der Waals surface area contributed by atoms with Crippen LogP contribution in [-0.2, 0) is 9.53 Å². The van der Waals surface area contributed by atoms with Crippen LogP contribution in [0.2, 0.25) is 0 Å². The van der Waals surface area contributed by atoms with Crippen molar-refractivity contribution in [3.8, 4) is 0 Å². The van der Waals surface area contributed by atoms with Crippen LogP contribution in [0.1, 0.15) is 35.9 Å². The van der Waals surface area contributed by atoms with E-state index in [2.05, 4.69) is 36.1 Å². The lowest BCUT2D eigenvalue weighted by molar-refractivity contribution is -0.117. The Morgan fingerprint density at radius 2 is 2.00 bits per heavy atom. The van der Waals surface area contributed by atoms with Crippen LogP contribution in [0.3, 0.4) is 0 Å². The van der Waals surface area contributed by atoms with Crippen LogP contribution in [0, 0.1) is 12.8 Å². The van der Waals surface area contributed by atoms with Crippen molar-refractivity contribution in [1.82, 2.24) is 25.5 Å². The van der Waals surface area contributed by atoms with Gasteiger partial charge >= 0.3 is 0 Å². The van der Waals surface area contributed by atoms with E-state index in [9.17, 15) is 9.59 Å². The third-order valence-electron chi connectivity index (χ3n) is 5.32. The molecule has 0 spiro atoms. The second-order valence-corrected chi connectivity index (χ2v) is 9.37. The number of nitrogen functional groups attached to an aromatic ring is 1. The van der Waals surface area contributed by atoms with Crippen LogP contribution >= 0.6 is 11.8 Å². The van der Waals surface area contributed by atoms with Crippen LogP contribution in [0.15, 0.2) is 40.4 Å². The minimum Gasteiger partial charge on any atom is -0.394 e. The number of nitrogens with zero attached hydrogens (tertiary/aromatic N) is 3. The molecule has 35 heavy (non-hydrogen) atoms. The lowest BCUT2D eigenvalue weighted by Crippen LogP contribution is -2.33. The molecule has 2 amide bonds. The molecule has 0 radical (unpaired) electrons. The van der Waals surface area contributed by atoms with E-state index >= 15 is 0 Å². The smallest absolute Gasteiger partial charge is 0.272 e. The number of hydrogen-bond donors (Lipinski definition) is 5. The number of aromatic nitrogens is 4. The molecule has 1 saturated carbocycles. The predicted octanol–water partition coefficient (Wildman–Crippen LogP) is 3.10. The van der Waals surface area contributed by atoms with Gasteiger partial charge in [-0.2, -0.15) is 5.10 Å². The highest BCUT2D eigenvalue weighted by Gasteiger charge is 2.29. The second-order valence-electron chi connectivity index (χ2n) is 8.32. The first-order valence-corrected chi connectivity index (χ1v) is 12.0. The molecule has 1 atom stereocenters. The summed E-state index contributed by atoms with van der Waals surface area (Å²) in [6.07, 6.45) is 1.73. The Hall–Kier alpha value is -3.64. The van der Waals surface area contributed by atoms with E-state index < -0.39 is 5.91 Å². The number of carbonyl (C=O) groups is 2. The number of amides is 2. The lowest BCUT2D eigenvalue weighted by atomic mass is 10.3. The van der Waals surface area contributed by atoms with Gasteiger partial charge in [-0.05, 0) is 62.7 Å². The average Bonchev–Trinajstić information content (AvgIpc) is 3.62. The van der Waals surface area contributed by atoms with Gasteiger partial charge in [-0.15, -0.1) is 0 Å². The maximum atomic E-state index is 12.9. The number of rotatable bonds is 10. The SMILES string of the molecule is COC(C)CNC(=O)c1nc(Sc2ccc(NC(=O)C3CC3)cc2)nc(Nc2cc(C)[nH]n2)c1N. The largest absolute Gasteiger partial charge is 0.394 e. The van der Waals surface area contributed by atoms with Crippen LogP contribution in [0.5, 0.6) is 0 Å². The van der Waals surface area contributed by atoms with Crippen molar-refractivity contribution in [1.29, 1.82) is 0 Å². The summed E-state index contributed by atoms with van der Waals surface area (Å²) in [6.45, 7) is 4.01. The van der Waals surface area contributed by atoms with E-state index in [-0.39, 0.29) is 35.1 Å². The van der Waals surface area contributed by atoms with Gasteiger partial charge in [0, 0.05) is 41.9 Å². The molecule has 12 heteroatoms. The van der Waals surface area contributed by atoms with Gasteiger partial charge in [0.15, 0.2) is 22.5 Å². The molecule has 6 N–H and O–H groups in total. The van der Waals surface area contributed by atoms with Gasteiger partial charge in [0.1, 0.15) is 5.69 Å². The van der Waals surface area contributed by atoms with Gasteiger partial charge in [0.25, 0.3) is 5.91 Å². The van der Waals surface area contributed by atoms with Gasteiger partial charge in [-0.25, -0.2) is 9.97 Å². The molecule has 0 saturated heterocycles. The monoisotopic (exact) mass is 496 g/mol.